The van der Waals surface area contributed by atoms with Gasteiger partial charge in [0.1, 0.15) is 16.9 Å². The van der Waals surface area contributed by atoms with E-state index in [2.05, 4.69) is 11.1 Å². The van der Waals surface area contributed by atoms with Crippen LogP contribution in [0.15, 0.2) is 40.3 Å². The Balaban J connectivity index is 1.90. The van der Waals surface area contributed by atoms with Gasteiger partial charge in [0, 0.05) is 11.5 Å². The topological polar surface area (TPSA) is 127 Å². The van der Waals surface area contributed by atoms with Gasteiger partial charge in [-0.15, -0.1) is 0 Å². The Labute approximate surface area is 182 Å². The van der Waals surface area contributed by atoms with Crippen molar-refractivity contribution < 1.29 is 18.7 Å². The lowest BCUT2D eigenvalue weighted by molar-refractivity contribution is -0.117. The van der Waals surface area contributed by atoms with Crippen LogP contribution >= 0.6 is 11.8 Å². The Bertz CT molecular complexity index is 1100. The highest BCUT2D eigenvalue weighted by atomic mass is 32.2. The zero-order valence-corrected chi connectivity index (χ0v) is 17.4. The fraction of sp³-hybridized carbons (Fsp3) is 0.333. The number of hydrogen-bond donors (Lipinski definition) is 2. The lowest BCUT2D eigenvalue weighted by Crippen LogP contribution is -2.36. The third-order valence-corrected chi connectivity index (χ3v) is 6.19. The predicted octanol–water partition coefficient (Wildman–Crippen LogP) is 2.53. The second-order valence-corrected chi connectivity index (χ2v) is 8.24. The van der Waals surface area contributed by atoms with Crippen LogP contribution in [-0.4, -0.2) is 34.2 Å². The number of aromatic nitrogens is 1. The quantitative estimate of drug-likeness (QED) is 0.657. The Kier molecular flexibility index (Phi) is 6.44. The highest BCUT2D eigenvalue weighted by molar-refractivity contribution is 7.99. The SMILES string of the molecule is CCC1C(C#N)N(c2cccc(Sc3ccc(CC(N)=O)c(F)c3F)n2)C[C@]1(O)C#N. The molecule has 1 amide bonds. The van der Waals surface area contributed by atoms with Gasteiger partial charge in [0.15, 0.2) is 17.2 Å². The van der Waals surface area contributed by atoms with Gasteiger partial charge < -0.3 is 15.7 Å². The van der Waals surface area contributed by atoms with Crippen LogP contribution in [0.4, 0.5) is 14.6 Å². The summed E-state index contributed by atoms with van der Waals surface area (Å²) < 4.78 is 28.7. The summed E-state index contributed by atoms with van der Waals surface area (Å²) in [6, 6.07) is 10.8. The van der Waals surface area contributed by atoms with Gasteiger partial charge in [-0.25, -0.2) is 13.8 Å². The molecule has 0 aliphatic carbocycles. The summed E-state index contributed by atoms with van der Waals surface area (Å²) in [5, 5.41) is 30.0. The van der Waals surface area contributed by atoms with Crippen LogP contribution in [-0.2, 0) is 11.2 Å². The van der Waals surface area contributed by atoms with Crippen molar-refractivity contribution in [2.75, 3.05) is 11.4 Å². The molecule has 3 rings (SSSR count). The molecule has 1 aromatic carbocycles. The van der Waals surface area contributed by atoms with Gasteiger partial charge in [0.2, 0.25) is 5.91 Å². The maximum absolute atomic E-state index is 14.5. The Morgan fingerprint density at radius 1 is 1.35 bits per heavy atom. The van der Waals surface area contributed by atoms with Crippen molar-refractivity contribution in [3.8, 4) is 12.1 Å². The summed E-state index contributed by atoms with van der Waals surface area (Å²) >= 11 is 0.871. The fourth-order valence-corrected chi connectivity index (χ4v) is 4.55. The molecular formula is C21H19F2N5O2S. The smallest absolute Gasteiger partial charge is 0.221 e. The third kappa shape index (κ3) is 4.31. The molecule has 3 N–H and O–H groups in total. The van der Waals surface area contributed by atoms with Crippen LogP contribution in [0, 0.1) is 40.2 Å². The summed E-state index contributed by atoms with van der Waals surface area (Å²) in [4.78, 5) is 16.9. The molecule has 1 aliphatic heterocycles. The van der Waals surface area contributed by atoms with Crippen molar-refractivity contribution in [3.05, 3.63) is 47.5 Å². The van der Waals surface area contributed by atoms with Gasteiger partial charge in [-0.1, -0.05) is 30.8 Å². The molecule has 1 fully saturated rings. The summed E-state index contributed by atoms with van der Waals surface area (Å²) in [6.45, 7) is 1.70. The van der Waals surface area contributed by atoms with Crippen LogP contribution in [0.2, 0.25) is 0 Å². The first-order valence-corrected chi connectivity index (χ1v) is 10.3. The summed E-state index contributed by atoms with van der Waals surface area (Å²) in [6.07, 6.45) is 0.0156. The van der Waals surface area contributed by atoms with E-state index in [-0.39, 0.29) is 17.0 Å². The van der Waals surface area contributed by atoms with Crippen LogP contribution in [0.1, 0.15) is 18.9 Å². The van der Waals surface area contributed by atoms with Crippen molar-refractivity contribution in [1.29, 1.82) is 10.5 Å². The molecule has 0 saturated carbocycles. The number of hydrogen-bond acceptors (Lipinski definition) is 7. The number of aliphatic hydroxyl groups is 1. The van der Waals surface area contributed by atoms with E-state index >= 15 is 0 Å². The highest BCUT2D eigenvalue weighted by Crippen LogP contribution is 2.39. The predicted molar refractivity (Wildman–Crippen MR) is 109 cm³/mol. The van der Waals surface area contributed by atoms with E-state index in [0.29, 0.717) is 17.3 Å². The van der Waals surface area contributed by atoms with Crippen molar-refractivity contribution in [3.63, 3.8) is 0 Å². The average Bonchev–Trinajstić information content (AvgIpc) is 3.05. The monoisotopic (exact) mass is 443 g/mol. The van der Waals surface area contributed by atoms with Gasteiger partial charge in [0.25, 0.3) is 0 Å². The van der Waals surface area contributed by atoms with Gasteiger partial charge in [-0.2, -0.15) is 10.5 Å². The molecule has 3 atom stereocenters. The lowest BCUT2D eigenvalue weighted by Gasteiger charge is -2.22. The van der Waals surface area contributed by atoms with Crippen molar-refractivity contribution >= 4 is 23.5 Å². The summed E-state index contributed by atoms with van der Waals surface area (Å²) in [7, 11) is 0. The Morgan fingerprint density at radius 2 is 2.10 bits per heavy atom. The zero-order chi connectivity index (χ0) is 22.8. The normalized spacial score (nSPS) is 22.7. The molecule has 2 aromatic rings. The van der Waals surface area contributed by atoms with Gasteiger partial charge >= 0.3 is 0 Å². The van der Waals surface area contributed by atoms with Gasteiger partial charge in [0.05, 0.1) is 30.0 Å². The minimum atomic E-state index is -1.69. The Morgan fingerprint density at radius 3 is 2.71 bits per heavy atom. The third-order valence-electron chi connectivity index (χ3n) is 5.22. The van der Waals surface area contributed by atoms with Crippen LogP contribution < -0.4 is 10.6 Å². The number of carbonyl (C=O) groups is 1. The van der Waals surface area contributed by atoms with Gasteiger partial charge in [-0.05, 0) is 24.6 Å². The number of halogens is 2. The number of nitrogens with two attached hydrogens (primary N) is 1. The molecular weight excluding hydrogens is 424 g/mol. The number of nitrogens with zero attached hydrogens (tertiary/aromatic N) is 4. The molecule has 1 saturated heterocycles. The van der Waals surface area contributed by atoms with Crippen molar-refractivity contribution in [2.24, 2.45) is 11.7 Å². The van der Waals surface area contributed by atoms with E-state index in [1.54, 1.807) is 30.0 Å². The molecule has 10 heteroatoms. The number of pyridine rings is 1. The average molecular weight is 443 g/mol. The van der Waals surface area contributed by atoms with Crippen LogP contribution in [0.5, 0.6) is 0 Å². The van der Waals surface area contributed by atoms with E-state index in [1.807, 2.05) is 6.07 Å². The summed E-state index contributed by atoms with van der Waals surface area (Å²) in [5.74, 6) is -3.27. The van der Waals surface area contributed by atoms with E-state index in [9.17, 15) is 29.2 Å². The Hall–Kier alpha value is -3.21. The number of β-amino-alcohol motifs (C(OH)–C–C–N with tert-alkyl or cyclic N) is 1. The molecule has 31 heavy (non-hydrogen) atoms. The first kappa shape index (κ1) is 22.5. The number of benzene rings is 1. The van der Waals surface area contributed by atoms with E-state index < -0.39 is 41.5 Å². The molecule has 2 unspecified atom stereocenters. The molecule has 0 spiro atoms. The number of primary amides is 1. The van der Waals surface area contributed by atoms with Crippen molar-refractivity contribution in [2.45, 2.75) is 41.3 Å². The molecule has 7 nitrogen and oxygen atoms in total. The molecule has 1 aromatic heterocycles. The minimum Gasteiger partial charge on any atom is -0.373 e. The molecule has 160 valence electrons. The number of carbonyl (C=O) groups excluding carboxylic acids is 1. The largest absolute Gasteiger partial charge is 0.373 e. The minimum absolute atomic E-state index is 0.0337. The standard InChI is InChI=1S/C21H19F2N5O2S/c1-2-13-14(9-24)28(11-21(13,30)10-25)17-4-3-5-18(27-17)31-15-7-6-12(8-16(26)29)19(22)20(15)23/h3-7,13-14,30H,2,8,11H2,1H3,(H2,26,29)/t13?,14?,21-/m1/s1. The summed E-state index contributed by atoms with van der Waals surface area (Å²) in [5.41, 5.74) is 3.22. The van der Waals surface area contributed by atoms with E-state index in [1.165, 1.54) is 12.1 Å². The molecule has 0 bridgehead atoms. The molecule has 1 aliphatic rings. The van der Waals surface area contributed by atoms with Gasteiger partial charge in [-0.3, -0.25) is 4.79 Å². The maximum atomic E-state index is 14.5. The van der Waals surface area contributed by atoms with Crippen LogP contribution in [0.25, 0.3) is 0 Å². The lowest BCUT2D eigenvalue weighted by atomic mass is 9.86. The van der Waals surface area contributed by atoms with E-state index in [0.717, 1.165) is 11.8 Å². The number of amides is 1. The molecule has 2 heterocycles. The number of rotatable bonds is 6. The number of anilines is 1. The second-order valence-electron chi connectivity index (χ2n) is 7.18. The fourth-order valence-electron chi connectivity index (χ4n) is 3.72. The zero-order valence-electron chi connectivity index (χ0n) is 16.5. The molecule has 0 radical (unpaired) electrons. The highest BCUT2D eigenvalue weighted by Gasteiger charge is 2.52. The van der Waals surface area contributed by atoms with Crippen molar-refractivity contribution in [1.82, 2.24) is 4.98 Å². The number of nitriles is 2. The second kappa shape index (κ2) is 8.88. The van der Waals surface area contributed by atoms with E-state index in [4.69, 9.17) is 5.73 Å². The van der Waals surface area contributed by atoms with Crippen LogP contribution in [0.3, 0.4) is 0 Å². The first-order valence-electron chi connectivity index (χ1n) is 9.44. The maximum Gasteiger partial charge on any atom is 0.221 e. The first-order chi connectivity index (χ1) is 14.7.